The van der Waals surface area contributed by atoms with Crippen LogP contribution in [0.15, 0.2) is 22.7 Å². The molecular weight excluding hydrogens is 294 g/mol. The van der Waals surface area contributed by atoms with Gasteiger partial charge in [-0.25, -0.2) is 13.1 Å². The summed E-state index contributed by atoms with van der Waals surface area (Å²) in [6.45, 7) is 0.309. The Bertz CT molecular complexity index is 462. The summed E-state index contributed by atoms with van der Waals surface area (Å²) in [5.74, 6) is 0.00938. The SMILES string of the molecule is CNS(=O)(=O)CCNc1cc(Br)ccc1N. The van der Waals surface area contributed by atoms with Gasteiger partial charge in [-0.05, 0) is 25.2 Å². The number of rotatable bonds is 5. The smallest absolute Gasteiger partial charge is 0.213 e. The molecule has 1 rings (SSSR count). The molecule has 0 spiro atoms. The van der Waals surface area contributed by atoms with Gasteiger partial charge < -0.3 is 11.1 Å². The average Bonchev–Trinajstić information content (AvgIpc) is 2.23. The number of nitrogen functional groups attached to an aromatic ring is 1. The molecular formula is C9H14BrN3O2S. The van der Waals surface area contributed by atoms with Crippen LogP contribution in [0.5, 0.6) is 0 Å². The van der Waals surface area contributed by atoms with Gasteiger partial charge in [-0.1, -0.05) is 15.9 Å². The van der Waals surface area contributed by atoms with E-state index in [0.717, 1.165) is 10.2 Å². The van der Waals surface area contributed by atoms with Crippen molar-refractivity contribution in [1.82, 2.24) is 4.72 Å². The Balaban J connectivity index is 2.59. The zero-order valence-corrected chi connectivity index (χ0v) is 11.2. The zero-order valence-electron chi connectivity index (χ0n) is 8.83. The van der Waals surface area contributed by atoms with E-state index in [1.165, 1.54) is 7.05 Å². The van der Waals surface area contributed by atoms with E-state index in [9.17, 15) is 8.42 Å². The Hall–Kier alpha value is -0.790. The van der Waals surface area contributed by atoms with Crippen molar-refractivity contribution in [2.45, 2.75) is 0 Å². The van der Waals surface area contributed by atoms with E-state index in [4.69, 9.17) is 5.73 Å². The second-order valence-corrected chi connectivity index (χ2v) is 6.14. The van der Waals surface area contributed by atoms with E-state index in [2.05, 4.69) is 26.0 Å². The van der Waals surface area contributed by atoms with E-state index in [-0.39, 0.29) is 5.75 Å². The first-order valence-corrected chi connectivity index (χ1v) is 7.09. The minimum absolute atomic E-state index is 0.00938. The third kappa shape index (κ3) is 3.99. The topological polar surface area (TPSA) is 84.2 Å². The first-order valence-electron chi connectivity index (χ1n) is 4.65. The number of anilines is 2. The lowest BCUT2D eigenvalue weighted by molar-refractivity contribution is 0.588. The zero-order chi connectivity index (χ0) is 12.2. The summed E-state index contributed by atoms with van der Waals surface area (Å²) in [7, 11) is -1.79. The Morgan fingerprint density at radius 3 is 2.75 bits per heavy atom. The summed E-state index contributed by atoms with van der Waals surface area (Å²) in [6.07, 6.45) is 0. The highest BCUT2D eigenvalue weighted by Gasteiger charge is 2.06. The van der Waals surface area contributed by atoms with Gasteiger partial charge in [0.2, 0.25) is 10.0 Å². The van der Waals surface area contributed by atoms with Crippen LogP contribution in [0.25, 0.3) is 0 Å². The minimum Gasteiger partial charge on any atom is -0.397 e. The highest BCUT2D eigenvalue weighted by molar-refractivity contribution is 9.10. The largest absolute Gasteiger partial charge is 0.397 e. The highest BCUT2D eigenvalue weighted by Crippen LogP contribution is 2.22. The summed E-state index contributed by atoms with van der Waals surface area (Å²) in [5.41, 5.74) is 7.03. The van der Waals surface area contributed by atoms with Crippen molar-refractivity contribution in [3.8, 4) is 0 Å². The van der Waals surface area contributed by atoms with Crippen molar-refractivity contribution >= 4 is 37.3 Å². The number of nitrogens with two attached hydrogens (primary N) is 1. The standard InChI is InChI=1S/C9H14BrN3O2S/c1-12-16(14,15)5-4-13-9-6-7(10)2-3-8(9)11/h2-3,6,12-13H,4-5,11H2,1H3. The van der Waals surface area contributed by atoms with Gasteiger partial charge in [-0.15, -0.1) is 0 Å². The molecule has 5 nitrogen and oxygen atoms in total. The molecule has 0 radical (unpaired) electrons. The fourth-order valence-corrected chi connectivity index (χ4v) is 2.04. The van der Waals surface area contributed by atoms with Gasteiger partial charge in [0.1, 0.15) is 0 Å². The summed E-state index contributed by atoms with van der Waals surface area (Å²) < 4.78 is 25.4. The van der Waals surface area contributed by atoms with Gasteiger partial charge in [0.05, 0.1) is 17.1 Å². The van der Waals surface area contributed by atoms with Crippen molar-refractivity contribution in [2.24, 2.45) is 0 Å². The molecule has 0 atom stereocenters. The van der Waals surface area contributed by atoms with Crippen molar-refractivity contribution in [2.75, 3.05) is 30.4 Å². The molecule has 1 aromatic carbocycles. The molecule has 0 aliphatic heterocycles. The number of nitrogens with one attached hydrogen (secondary N) is 2. The lowest BCUT2D eigenvalue weighted by Crippen LogP contribution is -2.26. The van der Waals surface area contributed by atoms with Crippen LogP contribution in [0.1, 0.15) is 0 Å². The predicted molar refractivity (Wildman–Crippen MR) is 69.9 cm³/mol. The highest BCUT2D eigenvalue weighted by atomic mass is 79.9. The minimum atomic E-state index is -3.18. The van der Waals surface area contributed by atoms with Crippen LogP contribution in [0.2, 0.25) is 0 Å². The molecule has 0 unspecified atom stereocenters. The van der Waals surface area contributed by atoms with Crippen molar-refractivity contribution in [1.29, 1.82) is 0 Å². The van der Waals surface area contributed by atoms with Gasteiger partial charge in [-0.3, -0.25) is 0 Å². The number of hydrogen-bond acceptors (Lipinski definition) is 4. The van der Waals surface area contributed by atoms with Crippen LogP contribution in [0.3, 0.4) is 0 Å². The van der Waals surface area contributed by atoms with Crippen molar-refractivity contribution in [3.63, 3.8) is 0 Å². The van der Waals surface area contributed by atoms with Gasteiger partial charge in [0.15, 0.2) is 0 Å². The van der Waals surface area contributed by atoms with Crippen LogP contribution in [0.4, 0.5) is 11.4 Å². The molecule has 16 heavy (non-hydrogen) atoms. The molecule has 7 heteroatoms. The lowest BCUT2D eigenvalue weighted by Gasteiger charge is -2.09. The fraction of sp³-hybridized carbons (Fsp3) is 0.333. The molecule has 0 heterocycles. The Kier molecular flexibility index (Phi) is 4.57. The maximum Gasteiger partial charge on any atom is 0.213 e. The van der Waals surface area contributed by atoms with Crippen molar-refractivity contribution in [3.05, 3.63) is 22.7 Å². The van der Waals surface area contributed by atoms with Crippen LogP contribution in [-0.2, 0) is 10.0 Å². The summed E-state index contributed by atoms with van der Waals surface area (Å²) in [4.78, 5) is 0. The van der Waals surface area contributed by atoms with Crippen molar-refractivity contribution < 1.29 is 8.42 Å². The number of halogens is 1. The van der Waals surface area contributed by atoms with Gasteiger partial charge in [0, 0.05) is 11.0 Å². The lowest BCUT2D eigenvalue weighted by atomic mass is 10.3. The Morgan fingerprint density at radius 2 is 2.12 bits per heavy atom. The molecule has 0 aromatic heterocycles. The van der Waals surface area contributed by atoms with Gasteiger partial charge in [-0.2, -0.15) is 0 Å². The maximum absolute atomic E-state index is 11.1. The first kappa shape index (κ1) is 13.3. The quantitative estimate of drug-likeness (QED) is 0.708. The molecule has 0 aliphatic carbocycles. The molecule has 90 valence electrons. The molecule has 0 aliphatic rings. The third-order valence-corrected chi connectivity index (χ3v) is 3.87. The number of hydrogen-bond donors (Lipinski definition) is 3. The fourth-order valence-electron chi connectivity index (χ4n) is 1.10. The van der Waals surface area contributed by atoms with E-state index in [0.29, 0.717) is 12.2 Å². The molecule has 4 N–H and O–H groups in total. The van der Waals surface area contributed by atoms with Crippen LogP contribution in [-0.4, -0.2) is 27.8 Å². The van der Waals surface area contributed by atoms with E-state index < -0.39 is 10.0 Å². The first-order chi connectivity index (χ1) is 7.44. The summed E-state index contributed by atoms with van der Waals surface area (Å²) in [6, 6.07) is 5.38. The number of sulfonamides is 1. The predicted octanol–water partition coefficient (Wildman–Crippen LogP) is 0.992. The molecule has 0 fully saturated rings. The summed E-state index contributed by atoms with van der Waals surface area (Å²) in [5, 5.41) is 2.97. The monoisotopic (exact) mass is 307 g/mol. The molecule has 1 aromatic rings. The molecule has 0 amide bonds. The van der Waals surface area contributed by atoms with Gasteiger partial charge in [0.25, 0.3) is 0 Å². The second-order valence-electron chi connectivity index (χ2n) is 3.18. The van der Waals surface area contributed by atoms with Crippen LogP contribution >= 0.6 is 15.9 Å². The normalized spacial score (nSPS) is 11.4. The molecule has 0 saturated heterocycles. The average molecular weight is 308 g/mol. The Labute approximate surface area is 104 Å². The van der Waals surface area contributed by atoms with E-state index in [1.54, 1.807) is 12.1 Å². The Morgan fingerprint density at radius 1 is 1.44 bits per heavy atom. The van der Waals surface area contributed by atoms with Crippen LogP contribution in [0, 0.1) is 0 Å². The second kappa shape index (κ2) is 5.51. The maximum atomic E-state index is 11.1. The summed E-state index contributed by atoms with van der Waals surface area (Å²) >= 11 is 3.32. The van der Waals surface area contributed by atoms with E-state index in [1.807, 2.05) is 6.07 Å². The molecule has 0 bridgehead atoms. The molecule has 0 saturated carbocycles. The third-order valence-electron chi connectivity index (χ3n) is 2.01. The number of benzene rings is 1. The van der Waals surface area contributed by atoms with Gasteiger partial charge >= 0.3 is 0 Å². The van der Waals surface area contributed by atoms with E-state index >= 15 is 0 Å². The van der Waals surface area contributed by atoms with Crippen LogP contribution < -0.4 is 15.8 Å².